The summed E-state index contributed by atoms with van der Waals surface area (Å²) in [7, 11) is 3.06. The van der Waals surface area contributed by atoms with Crippen LogP contribution in [0.15, 0.2) is 48.7 Å². The summed E-state index contributed by atoms with van der Waals surface area (Å²) < 4.78 is 10.4. The first kappa shape index (κ1) is 21.8. The summed E-state index contributed by atoms with van der Waals surface area (Å²) in [6.07, 6.45) is 1.37. The van der Waals surface area contributed by atoms with Crippen molar-refractivity contribution in [2.24, 2.45) is 0 Å². The van der Waals surface area contributed by atoms with E-state index in [2.05, 4.69) is 26.0 Å². The minimum Gasteiger partial charge on any atom is -0.493 e. The smallest absolute Gasteiger partial charge is 0.273 e. The number of ether oxygens (including phenoxy) is 2. The van der Waals surface area contributed by atoms with Gasteiger partial charge in [0.1, 0.15) is 0 Å². The molecule has 3 N–H and O–H groups in total. The first-order valence-corrected chi connectivity index (χ1v) is 9.62. The number of hydrogen-bond acceptors (Lipinski definition) is 6. The Labute approximate surface area is 180 Å². The maximum absolute atomic E-state index is 12.6. The summed E-state index contributed by atoms with van der Waals surface area (Å²) in [6, 6.07) is 12.5. The maximum atomic E-state index is 12.6. The Balaban J connectivity index is 1.64. The van der Waals surface area contributed by atoms with E-state index >= 15 is 0 Å². The Morgan fingerprint density at radius 3 is 2.32 bits per heavy atom. The minimum atomic E-state index is -0.328. The number of amides is 2. The number of H-pyrrole nitrogens is 1. The molecule has 0 bridgehead atoms. The van der Waals surface area contributed by atoms with Crippen molar-refractivity contribution >= 4 is 17.5 Å². The van der Waals surface area contributed by atoms with Crippen molar-refractivity contribution < 1.29 is 19.1 Å². The highest BCUT2D eigenvalue weighted by Crippen LogP contribution is 2.28. The lowest BCUT2D eigenvalue weighted by Crippen LogP contribution is -2.36. The first-order chi connectivity index (χ1) is 14.8. The molecule has 0 fully saturated rings. The average Bonchev–Trinajstić information content (AvgIpc) is 3.32. The van der Waals surface area contributed by atoms with Crippen LogP contribution in [0.2, 0.25) is 0 Å². The molecule has 9 heteroatoms. The van der Waals surface area contributed by atoms with E-state index in [0.29, 0.717) is 29.3 Å². The summed E-state index contributed by atoms with van der Waals surface area (Å²) in [4.78, 5) is 24.7. The minimum absolute atomic E-state index is 0.240. The van der Waals surface area contributed by atoms with Gasteiger partial charge in [0.2, 0.25) is 0 Å². The van der Waals surface area contributed by atoms with Crippen LogP contribution < -0.4 is 20.1 Å². The lowest BCUT2D eigenvalue weighted by Gasteiger charge is -2.25. The van der Waals surface area contributed by atoms with Gasteiger partial charge in [0.05, 0.1) is 20.4 Å². The van der Waals surface area contributed by atoms with Crippen molar-refractivity contribution in [2.45, 2.75) is 19.3 Å². The molecular weight excluding hydrogens is 398 g/mol. The van der Waals surface area contributed by atoms with Crippen molar-refractivity contribution in [2.75, 3.05) is 26.1 Å². The predicted octanol–water partition coefficient (Wildman–Crippen LogP) is 2.78. The van der Waals surface area contributed by atoms with Crippen LogP contribution in [0.4, 0.5) is 5.69 Å². The van der Waals surface area contributed by atoms with Crippen LogP contribution in [0.1, 0.15) is 40.3 Å². The standard InChI is InChI=1S/C22H25N5O4/c1-22(2,13-23-21(29)17-12-24-27-26-17)15-6-8-16(9-7-15)25-20(28)14-5-10-18(30-3)19(11-14)31-4/h5-12H,13H2,1-4H3,(H,23,29)(H,25,28)(H,24,26,27). The maximum Gasteiger partial charge on any atom is 0.273 e. The Morgan fingerprint density at radius 1 is 1.00 bits per heavy atom. The third-order valence-corrected chi connectivity index (χ3v) is 4.91. The number of aromatic nitrogens is 3. The number of nitrogens with one attached hydrogen (secondary N) is 3. The summed E-state index contributed by atoms with van der Waals surface area (Å²) in [5, 5.41) is 15.6. The molecule has 0 atom stereocenters. The van der Waals surface area contributed by atoms with Gasteiger partial charge in [0.25, 0.3) is 11.8 Å². The third-order valence-electron chi connectivity index (χ3n) is 4.91. The van der Waals surface area contributed by atoms with E-state index in [-0.39, 0.29) is 22.9 Å². The highest BCUT2D eigenvalue weighted by Gasteiger charge is 2.22. The monoisotopic (exact) mass is 423 g/mol. The molecular formula is C22H25N5O4. The molecule has 9 nitrogen and oxygen atoms in total. The van der Waals surface area contributed by atoms with Gasteiger partial charge in [-0.1, -0.05) is 26.0 Å². The second-order valence-corrected chi connectivity index (χ2v) is 7.52. The van der Waals surface area contributed by atoms with Gasteiger partial charge in [0.15, 0.2) is 17.2 Å². The van der Waals surface area contributed by atoms with E-state index in [1.807, 2.05) is 38.1 Å². The van der Waals surface area contributed by atoms with Crippen molar-refractivity contribution in [1.82, 2.24) is 20.7 Å². The van der Waals surface area contributed by atoms with E-state index in [0.717, 1.165) is 5.56 Å². The van der Waals surface area contributed by atoms with E-state index in [4.69, 9.17) is 9.47 Å². The fourth-order valence-corrected chi connectivity index (χ4v) is 2.99. The van der Waals surface area contributed by atoms with Gasteiger partial charge in [-0.05, 0) is 35.9 Å². The SMILES string of the molecule is COc1ccc(C(=O)Nc2ccc(C(C)(C)CNC(=O)c3cn[nH]n3)cc2)cc1OC. The van der Waals surface area contributed by atoms with Crippen molar-refractivity contribution in [1.29, 1.82) is 0 Å². The van der Waals surface area contributed by atoms with Crippen LogP contribution in [-0.4, -0.2) is 48.0 Å². The Bertz CT molecular complexity index is 1050. The molecule has 0 radical (unpaired) electrons. The molecule has 0 aliphatic heterocycles. The first-order valence-electron chi connectivity index (χ1n) is 9.62. The zero-order valence-corrected chi connectivity index (χ0v) is 17.9. The number of carbonyl (C=O) groups excluding carboxylic acids is 2. The van der Waals surface area contributed by atoms with Crippen molar-refractivity contribution in [3.05, 3.63) is 65.5 Å². The van der Waals surface area contributed by atoms with E-state index in [1.165, 1.54) is 13.3 Å². The van der Waals surface area contributed by atoms with Gasteiger partial charge in [-0.2, -0.15) is 15.4 Å². The zero-order valence-electron chi connectivity index (χ0n) is 17.9. The highest BCUT2D eigenvalue weighted by atomic mass is 16.5. The molecule has 3 aromatic rings. The van der Waals surface area contributed by atoms with E-state index in [9.17, 15) is 9.59 Å². The average molecular weight is 423 g/mol. The Morgan fingerprint density at radius 2 is 1.71 bits per heavy atom. The molecule has 31 heavy (non-hydrogen) atoms. The number of anilines is 1. The molecule has 2 aromatic carbocycles. The number of aromatic amines is 1. The van der Waals surface area contributed by atoms with Gasteiger partial charge < -0.3 is 20.1 Å². The zero-order chi connectivity index (χ0) is 22.4. The third kappa shape index (κ3) is 5.19. The molecule has 2 amide bonds. The van der Waals surface area contributed by atoms with E-state index in [1.54, 1.807) is 25.3 Å². The van der Waals surface area contributed by atoms with E-state index < -0.39 is 0 Å². The topological polar surface area (TPSA) is 118 Å². The van der Waals surface area contributed by atoms with Crippen molar-refractivity contribution in [3.63, 3.8) is 0 Å². The second-order valence-electron chi connectivity index (χ2n) is 7.52. The summed E-state index contributed by atoms with van der Waals surface area (Å²) in [5.41, 5.74) is 2.04. The van der Waals surface area contributed by atoms with Gasteiger partial charge in [-0.25, -0.2) is 0 Å². The van der Waals surface area contributed by atoms with Gasteiger partial charge in [0, 0.05) is 23.2 Å². The number of nitrogens with zero attached hydrogens (tertiary/aromatic N) is 2. The number of hydrogen-bond donors (Lipinski definition) is 3. The summed E-state index contributed by atoms with van der Waals surface area (Å²) >= 11 is 0. The van der Waals surface area contributed by atoms with Crippen LogP contribution in [0.3, 0.4) is 0 Å². The number of carbonyl (C=O) groups is 2. The number of rotatable bonds is 8. The fraction of sp³-hybridized carbons (Fsp3) is 0.273. The van der Waals surface area contributed by atoms with Crippen LogP contribution in [0, 0.1) is 0 Å². The van der Waals surface area contributed by atoms with Crippen LogP contribution >= 0.6 is 0 Å². The second kappa shape index (κ2) is 9.29. The lowest BCUT2D eigenvalue weighted by molar-refractivity contribution is 0.0940. The Kier molecular flexibility index (Phi) is 6.54. The lowest BCUT2D eigenvalue weighted by atomic mass is 9.84. The molecule has 0 aliphatic carbocycles. The molecule has 0 spiro atoms. The molecule has 0 saturated heterocycles. The quantitative estimate of drug-likeness (QED) is 0.513. The van der Waals surface area contributed by atoms with Gasteiger partial charge in [-0.3, -0.25) is 9.59 Å². The van der Waals surface area contributed by atoms with Crippen LogP contribution in [0.25, 0.3) is 0 Å². The van der Waals surface area contributed by atoms with Crippen molar-refractivity contribution in [3.8, 4) is 11.5 Å². The Hall–Kier alpha value is -3.88. The highest BCUT2D eigenvalue weighted by molar-refractivity contribution is 6.04. The molecule has 162 valence electrons. The molecule has 0 saturated carbocycles. The molecule has 1 heterocycles. The van der Waals surface area contributed by atoms with Crippen LogP contribution in [-0.2, 0) is 5.41 Å². The summed E-state index contributed by atoms with van der Waals surface area (Å²) in [5.74, 6) is 0.495. The summed E-state index contributed by atoms with van der Waals surface area (Å²) in [6.45, 7) is 4.45. The number of benzene rings is 2. The van der Waals surface area contributed by atoms with Gasteiger partial charge >= 0.3 is 0 Å². The molecule has 3 rings (SSSR count). The largest absolute Gasteiger partial charge is 0.493 e. The predicted molar refractivity (Wildman–Crippen MR) is 116 cm³/mol. The molecule has 0 aliphatic rings. The molecule has 1 aromatic heterocycles. The van der Waals surface area contributed by atoms with Crippen LogP contribution in [0.5, 0.6) is 11.5 Å². The number of methoxy groups -OCH3 is 2. The fourth-order valence-electron chi connectivity index (χ4n) is 2.99. The van der Waals surface area contributed by atoms with Gasteiger partial charge in [-0.15, -0.1) is 0 Å². The molecule has 0 unspecified atom stereocenters. The normalized spacial score (nSPS) is 11.0.